The lowest BCUT2D eigenvalue weighted by atomic mass is 9.80. The minimum atomic E-state index is -5.01. The number of hydrogen-bond donors (Lipinski definition) is 3. The Bertz CT molecular complexity index is 481. The van der Waals surface area contributed by atoms with Crippen molar-refractivity contribution in [1.82, 2.24) is 15.8 Å². The summed E-state index contributed by atoms with van der Waals surface area (Å²) in [5.74, 6) is -1.39. The van der Waals surface area contributed by atoms with Gasteiger partial charge in [0, 0.05) is 20.1 Å². The van der Waals surface area contributed by atoms with Crippen LogP contribution in [0.3, 0.4) is 0 Å². The molecule has 2 rings (SSSR count). The second-order valence-corrected chi connectivity index (χ2v) is 6.50. The number of carbonyl (C=O) groups is 2. The molecule has 9 heteroatoms. The number of aliphatic hydroxyl groups is 1. The van der Waals surface area contributed by atoms with Gasteiger partial charge in [-0.15, -0.1) is 0 Å². The van der Waals surface area contributed by atoms with E-state index in [0.29, 0.717) is 19.8 Å². The molecule has 0 bridgehead atoms. The van der Waals surface area contributed by atoms with Crippen molar-refractivity contribution in [3.63, 3.8) is 0 Å². The molecule has 1 saturated carbocycles. The Morgan fingerprint density at radius 2 is 1.74 bits per heavy atom. The third-order valence-corrected chi connectivity index (χ3v) is 5.01. The lowest BCUT2D eigenvalue weighted by Gasteiger charge is -2.38. The zero-order valence-electron chi connectivity index (χ0n) is 13.2. The van der Waals surface area contributed by atoms with Crippen molar-refractivity contribution in [3.05, 3.63) is 0 Å². The molecule has 6 nitrogen and oxygen atoms in total. The first-order chi connectivity index (χ1) is 10.6. The van der Waals surface area contributed by atoms with Gasteiger partial charge in [-0.05, 0) is 38.5 Å². The molecular formula is C14H22F3N3O3. The Morgan fingerprint density at radius 1 is 1.22 bits per heavy atom. The summed E-state index contributed by atoms with van der Waals surface area (Å²) in [7, 11) is 1.59. The number of nitrogens with one attached hydrogen (secondary N) is 2. The van der Waals surface area contributed by atoms with Crippen LogP contribution in [-0.2, 0) is 9.59 Å². The monoisotopic (exact) mass is 337 g/mol. The molecule has 0 radical (unpaired) electrons. The van der Waals surface area contributed by atoms with Gasteiger partial charge in [-0.2, -0.15) is 13.2 Å². The number of rotatable bonds is 4. The van der Waals surface area contributed by atoms with Gasteiger partial charge in [-0.25, -0.2) is 5.43 Å². The highest BCUT2D eigenvalue weighted by atomic mass is 19.4. The first kappa shape index (κ1) is 18.0. The van der Waals surface area contributed by atoms with Crippen molar-refractivity contribution >= 4 is 11.8 Å². The van der Waals surface area contributed by atoms with Crippen LogP contribution >= 0.6 is 0 Å². The standard InChI is InChI=1S/C14H22F3N3O3/c1-12(23,14(15,16)17)11(22)20-7-3-9(4-8-20)13(5-6-13)10(21)19-18-2/h9,18,23H,3-8H2,1-2H3,(H,19,21)/t12-/m1/s1. The average Bonchev–Trinajstić information content (AvgIpc) is 3.27. The molecule has 0 aromatic rings. The zero-order chi connectivity index (χ0) is 17.5. The number of halogens is 3. The Morgan fingerprint density at radius 3 is 2.13 bits per heavy atom. The van der Waals surface area contributed by atoms with Crippen LogP contribution < -0.4 is 10.9 Å². The summed E-state index contributed by atoms with van der Waals surface area (Å²) in [6, 6.07) is 0. The summed E-state index contributed by atoms with van der Waals surface area (Å²) >= 11 is 0. The summed E-state index contributed by atoms with van der Waals surface area (Å²) in [5, 5.41) is 9.48. The van der Waals surface area contributed by atoms with Crippen LogP contribution in [0.1, 0.15) is 32.6 Å². The molecule has 1 heterocycles. The molecule has 0 spiro atoms. The fourth-order valence-electron chi connectivity index (χ4n) is 3.26. The van der Waals surface area contributed by atoms with E-state index in [4.69, 9.17) is 0 Å². The quantitative estimate of drug-likeness (QED) is 0.655. The molecule has 23 heavy (non-hydrogen) atoms. The predicted octanol–water partition coefficient (Wildman–Crippen LogP) is 0.569. The summed E-state index contributed by atoms with van der Waals surface area (Å²) in [5.41, 5.74) is 1.32. The minimum absolute atomic E-state index is 0.0377. The van der Waals surface area contributed by atoms with Gasteiger partial charge in [-0.3, -0.25) is 15.0 Å². The normalized spacial score (nSPS) is 24.0. The third kappa shape index (κ3) is 3.16. The van der Waals surface area contributed by atoms with Gasteiger partial charge in [0.1, 0.15) is 0 Å². The molecule has 1 aliphatic carbocycles. The fraction of sp³-hybridized carbons (Fsp3) is 0.857. The summed E-state index contributed by atoms with van der Waals surface area (Å²) in [6.07, 6.45) is -2.60. The second-order valence-electron chi connectivity index (χ2n) is 6.50. The Hall–Kier alpha value is -1.35. The van der Waals surface area contributed by atoms with E-state index >= 15 is 0 Å². The number of nitrogens with zero attached hydrogens (tertiary/aromatic N) is 1. The van der Waals surface area contributed by atoms with Crippen LogP contribution in [0.2, 0.25) is 0 Å². The molecular weight excluding hydrogens is 315 g/mol. The SMILES string of the molecule is CNNC(=O)C1(C2CCN(C(=O)[C@@](C)(O)C(F)(F)F)CC2)CC1. The van der Waals surface area contributed by atoms with Gasteiger partial charge in [0.15, 0.2) is 0 Å². The number of alkyl halides is 3. The van der Waals surface area contributed by atoms with Gasteiger partial charge < -0.3 is 10.0 Å². The van der Waals surface area contributed by atoms with Crippen molar-refractivity contribution in [2.24, 2.45) is 11.3 Å². The van der Waals surface area contributed by atoms with E-state index in [1.165, 1.54) is 0 Å². The highest BCUT2D eigenvalue weighted by molar-refractivity contribution is 5.86. The number of hydrogen-bond acceptors (Lipinski definition) is 4. The molecule has 2 amide bonds. The Balaban J connectivity index is 1.97. The fourth-order valence-corrected chi connectivity index (χ4v) is 3.26. The first-order valence-corrected chi connectivity index (χ1v) is 7.62. The summed E-state index contributed by atoms with van der Waals surface area (Å²) in [4.78, 5) is 25.1. The summed E-state index contributed by atoms with van der Waals surface area (Å²) in [6.45, 7) is 0.707. The van der Waals surface area contributed by atoms with Crippen molar-refractivity contribution in [2.75, 3.05) is 20.1 Å². The zero-order valence-corrected chi connectivity index (χ0v) is 13.2. The smallest absolute Gasteiger partial charge is 0.373 e. The topological polar surface area (TPSA) is 81.7 Å². The van der Waals surface area contributed by atoms with E-state index in [1.807, 2.05) is 0 Å². The van der Waals surface area contributed by atoms with Crippen molar-refractivity contribution < 1.29 is 27.9 Å². The molecule has 2 aliphatic rings. The predicted molar refractivity (Wildman–Crippen MR) is 74.9 cm³/mol. The van der Waals surface area contributed by atoms with E-state index in [0.717, 1.165) is 17.7 Å². The van der Waals surface area contributed by atoms with Gasteiger partial charge in [0.05, 0.1) is 5.41 Å². The molecule has 0 aromatic carbocycles. The average molecular weight is 337 g/mol. The number of piperidine rings is 1. The highest BCUT2D eigenvalue weighted by Crippen LogP contribution is 2.55. The molecule has 1 aliphatic heterocycles. The maximum atomic E-state index is 12.7. The first-order valence-electron chi connectivity index (χ1n) is 7.62. The third-order valence-electron chi connectivity index (χ3n) is 5.01. The van der Waals surface area contributed by atoms with Gasteiger partial charge in [0.25, 0.3) is 5.91 Å². The maximum absolute atomic E-state index is 12.7. The van der Waals surface area contributed by atoms with E-state index < -0.39 is 23.1 Å². The number of hydrazine groups is 1. The van der Waals surface area contributed by atoms with Crippen molar-refractivity contribution in [2.45, 2.75) is 44.4 Å². The molecule has 132 valence electrons. The van der Waals surface area contributed by atoms with Crippen LogP contribution in [0.25, 0.3) is 0 Å². The van der Waals surface area contributed by atoms with Gasteiger partial charge in [0.2, 0.25) is 11.5 Å². The molecule has 1 atom stereocenters. The van der Waals surface area contributed by atoms with Crippen LogP contribution in [0, 0.1) is 11.3 Å². The van der Waals surface area contributed by atoms with E-state index in [-0.39, 0.29) is 24.9 Å². The number of carbonyl (C=O) groups excluding carboxylic acids is 2. The van der Waals surface area contributed by atoms with Crippen LogP contribution in [-0.4, -0.2) is 53.7 Å². The van der Waals surface area contributed by atoms with E-state index in [2.05, 4.69) is 10.9 Å². The molecule has 2 fully saturated rings. The van der Waals surface area contributed by atoms with E-state index in [1.54, 1.807) is 7.05 Å². The van der Waals surface area contributed by atoms with Crippen LogP contribution in [0.15, 0.2) is 0 Å². The van der Waals surface area contributed by atoms with Crippen molar-refractivity contribution in [1.29, 1.82) is 0 Å². The molecule has 0 unspecified atom stereocenters. The minimum Gasteiger partial charge on any atom is -0.373 e. The molecule has 0 aromatic heterocycles. The Labute approximate surface area is 132 Å². The lowest BCUT2D eigenvalue weighted by Crippen LogP contribution is -2.58. The summed E-state index contributed by atoms with van der Waals surface area (Å²) < 4.78 is 38.2. The van der Waals surface area contributed by atoms with Crippen LogP contribution in [0.5, 0.6) is 0 Å². The maximum Gasteiger partial charge on any atom is 0.426 e. The second kappa shape index (κ2) is 5.94. The highest BCUT2D eigenvalue weighted by Gasteiger charge is 2.59. The largest absolute Gasteiger partial charge is 0.426 e. The van der Waals surface area contributed by atoms with Gasteiger partial charge in [-0.1, -0.05) is 0 Å². The molecule has 1 saturated heterocycles. The number of amides is 2. The van der Waals surface area contributed by atoms with Gasteiger partial charge >= 0.3 is 6.18 Å². The lowest BCUT2D eigenvalue weighted by molar-refractivity contribution is -0.250. The van der Waals surface area contributed by atoms with E-state index in [9.17, 15) is 27.9 Å². The molecule has 3 N–H and O–H groups in total. The van der Waals surface area contributed by atoms with Crippen molar-refractivity contribution in [3.8, 4) is 0 Å². The van der Waals surface area contributed by atoms with Crippen LogP contribution in [0.4, 0.5) is 13.2 Å². The number of likely N-dealkylation sites (tertiary alicyclic amines) is 1. The Kier molecular flexibility index (Phi) is 4.64.